The molecule has 10 nitrogen and oxygen atoms in total. The van der Waals surface area contributed by atoms with Gasteiger partial charge in [-0.2, -0.15) is 9.97 Å². The van der Waals surface area contributed by atoms with Gasteiger partial charge in [0.05, 0.1) is 28.3 Å². The Morgan fingerprint density at radius 3 is 2.54 bits per heavy atom. The molecule has 3 fully saturated rings. The Kier molecular flexibility index (Phi) is 10.5. The highest BCUT2D eigenvalue weighted by molar-refractivity contribution is 6.02. The third kappa shape index (κ3) is 7.41. The summed E-state index contributed by atoms with van der Waals surface area (Å²) in [4.78, 5) is 33.1. The molecule has 4 aliphatic rings. The molecule has 2 aromatic carbocycles. The van der Waals surface area contributed by atoms with Crippen molar-refractivity contribution in [1.29, 1.82) is 0 Å². The van der Waals surface area contributed by atoms with E-state index in [4.69, 9.17) is 25.9 Å². The summed E-state index contributed by atoms with van der Waals surface area (Å²) < 4.78 is 88.1. The summed E-state index contributed by atoms with van der Waals surface area (Å²) in [6.07, 6.45) is 1.86. The maximum absolute atomic E-state index is 17.2. The molecule has 3 saturated heterocycles. The van der Waals surface area contributed by atoms with E-state index in [0.717, 1.165) is 6.42 Å². The van der Waals surface area contributed by atoms with E-state index in [-0.39, 0.29) is 48.4 Å². The number of pyridine rings is 1. The molecule has 298 valence electrons. The molecule has 15 heteroatoms. The number of halogens is 5. The first-order chi connectivity index (χ1) is 26.6. The largest absolute Gasteiger partial charge is 0.522 e. The lowest BCUT2D eigenvalue weighted by molar-refractivity contribution is -0.340. The van der Waals surface area contributed by atoms with Crippen molar-refractivity contribution in [1.82, 2.24) is 24.8 Å². The van der Waals surface area contributed by atoms with Crippen molar-refractivity contribution >= 4 is 33.6 Å². The highest BCUT2D eigenvalue weighted by atomic mass is 19.4. The smallest absolute Gasteiger partial charge is 0.461 e. The molecule has 0 bridgehead atoms. The van der Waals surface area contributed by atoms with Crippen molar-refractivity contribution in [2.24, 2.45) is 0 Å². The number of alkyl halides is 3. The number of nitrogens with zero attached hydrogens (tertiary/aromatic N) is 6. The first kappa shape index (κ1) is 39.4. The van der Waals surface area contributed by atoms with Gasteiger partial charge in [-0.15, -0.1) is 19.6 Å². The van der Waals surface area contributed by atoms with Gasteiger partial charge in [0.15, 0.2) is 5.82 Å². The zero-order valence-electron chi connectivity index (χ0n) is 32.1. The summed E-state index contributed by atoms with van der Waals surface area (Å²) in [5, 5.41) is 1.33. The fourth-order valence-corrected chi connectivity index (χ4v) is 8.64. The summed E-state index contributed by atoms with van der Waals surface area (Å²) in [5.41, 5.74) is -0.778. The summed E-state index contributed by atoms with van der Waals surface area (Å²) in [6.45, 7) is 11.0. The number of carbonyl (C=O) groups excluding carboxylic acids is 1. The molecular weight excluding hydrogens is 735 g/mol. The molecule has 4 aromatic rings. The Morgan fingerprint density at radius 2 is 1.80 bits per heavy atom. The minimum Gasteiger partial charge on any atom is -0.461 e. The number of rotatable bonds is 5. The monoisotopic (exact) mass is 780 g/mol. The first-order valence-electron chi connectivity index (χ1n) is 19.1. The van der Waals surface area contributed by atoms with Gasteiger partial charge in [0.1, 0.15) is 35.1 Å². The first-order valence-corrected chi connectivity index (χ1v) is 19.1. The van der Waals surface area contributed by atoms with E-state index < -0.39 is 41.3 Å². The molecule has 56 heavy (non-hydrogen) atoms. The third-order valence-corrected chi connectivity index (χ3v) is 10.9. The lowest BCUT2D eigenvalue weighted by atomic mass is 9.94. The fourth-order valence-electron chi connectivity index (χ4n) is 8.64. The fraction of sp³-hybridized carbons (Fsp3) is 0.512. The van der Waals surface area contributed by atoms with Crippen LogP contribution in [0, 0.1) is 24.0 Å². The van der Waals surface area contributed by atoms with Crippen LogP contribution in [0.25, 0.3) is 32.9 Å². The molecule has 0 saturated carbocycles. The SMILES string of the molecule is C#Cc1c(F)ccc2cccc(-c3nc4c5c(nc(OC[C@]67CCCN6C[C@H](OC(F)(F)F)C7)nc5c3F)N3CCN(C(=O)OC(C)(C)C)CC3CC4)c12.CC. The normalized spacial score (nSPS) is 22.2. The molecule has 0 aliphatic carbocycles. The van der Waals surface area contributed by atoms with Gasteiger partial charge >= 0.3 is 18.5 Å². The molecule has 6 heterocycles. The van der Waals surface area contributed by atoms with Gasteiger partial charge in [0.2, 0.25) is 0 Å². The second kappa shape index (κ2) is 14.9. The van der Waals surface area contributed by atoms with E-state index in [0.29, 0.717) is 78.7 Å². The van der Waals surface area contributed by atoms with Crippen molar-refractivity contribution in [3.63, 3.8) is 0 Å². The maximum atomic E-state index is 17.2. The number of aryl methyl sites for hydroxylation is 1. The lowest BCUT2D eigenvalue weighted by Crippen LogP contribution is -2.55. The number of amides is 1. The molecule has 1 amide bonds. The predicted molar refractivity (Wildman–Crippen MR) is 201 cm³/mol. The maximum Gasteiger partial charge on any atom is 0.522 e. The van der Waals surface area contributed by atoms with Crippen LogP contribution in [0.15, 0.2) is 30.3 Å². The Labute approximate surface area is 322 Å². The second-order valence-electron chi connectivity index (χ2n) is 15.5. The Morgan fingerprint density at radius 1 is 1.02 bits per heavy atom. The topological polar surface area (TPSA) is 93.2 Å². The zero-order chi connectivity index (χ0) is 40.2. The number of terminal acetylenes is 1. The average Bonchev–Trinajstić information content (AvgIpc) is 3.64. The Hall–Kier alpha value is -4.81. The summed E-state index contributed by atoms with van der Waals surface area (Å²) in [6, 6.07) is 7.55. The van der Waals surface area contributed by atoms with Crippen LogP contribution in [0.3, 0.4) is 0 Å². The van der Waals surface area contributed by atoms with Crippen LogP contribution in [0.1, 0.15) is 71.6 Å². The molecule has 0 radical (unpaired) electrons. The number of anilines is 1. The number of hydrogen-bond acceptors (Lipinski definition) is 9. The molecule has 4 aliphatic heterocycles. The van der Waals surface area contributed by atoms with E-state index in [1.165, 1.54) is 6.07 Å². The van der Waals surface area contributed by atoms with Crippen LogP contribution < -0.4 is 9.64 Å². The molecule has 8 rings (SSSR count). The Balaban J connectivity index is 0.00000237. The van der Waals surface area contributed by atoms with Crippen LogP contribution in [-0.2, 0) is 15.9 Å². The summed E-state index contributed by atoms with van der Waals surface area (Å²) >= 11 is 0. The van der Waals surface area contributed by atoms with Crippen LogP contribution in [0.4, 0.5) is 32.6 Å². The van der Waals surface area contributed by atoms with Crippen LogP contribution in [0.5, 0.6) is 6.01 Å². The molecule has 2 aromatic heterocycles. The molecule has 0 N–H and O–H groups in total. The second-order valence-corrected chi connectivity index (χ2v) is 15.5. The highest BCUT2D eigenvalue weighted by Gasteiger charge is 2.52. The van der Waals surface area contributed by atoms with Gasteiger partial charge in [0.25, 0.3) is 0 Å². The third-order valence-electron chi connectivity index (χ3n) is 10.9. The van der Waals surface area contributed by atoms with Gasteiger partial charge in [-0.3, -0.25) is 9.64 Å². The van der Waals surface area contributed by atoms with Crippen LogP contribution >= 0.6 is 0 Å². The molecule has 0 spiro atoms. The minimum atomic E-state index is -4.77. The number of piperazine rings is 1. The van der Waals surface area contributed by atoms with Crippen LogP contribution in [-0.4, -0.2) is 99.8 Å². The molecular formula is C41H45F5N6O4. The van der Waals surface area contributed by atoms with Gasteiger partial charge in [-0.25, -0.2) is 18.6 Å². The number of benzene rings is 2. The van der Waals surface area contributed by atoms with Crippen LogP contribution in [0.2, 0.25) is 0 Å². The zero-order valence-corrected chi connectivity index (χ0v) is 32.1. The Bertz CT molecular complexity index is 2200. The number of fused-ring (bicyclic) bond motifs is 4. The number of hydrogen-bond donors (Lipinski definition) is 0. The lowest BCUT2D eigenvalue weighted by Gasteiger charge is -2.41. The van der Waals surface area contributed by atoms with Crippen molar-refractivity contribution < 1.29 is 41.0 Å². The van der Waals surface area contributed by atoms with E-state index >= 15 is 8.78 Å². The van der Waals surface area contributed by atoms with Crippen molar-refractivity contribution in [3.8, 4) is 29.6 Å². The van der Waals surface area contributed by atoms with Crippen molar-refractivity contribution in [2.45, 2.75) is 96.4 Å². The number of aromatic nitrogens is 3. The van der Waals surface area contributed by atoms with Gasteiger partial charge in [-0.05, 0) is 70.9 Å². The van der Waals surface area contributed by atoms with Crippen molar-refractivity contribution in [3.05, 3.63) is 53.2 Å². The van der Waals surface area contributed by atoms with Crippen molar-refractivity contribution in [2.75, 3.05) is 44.2 Å². The standard InChI is InChI=1S/C39H39F5N6O4.C2H6/c1-5-25-27(40)12-10-22-8-6-9-26(29(22)25)32-31(41)33-30-28(45-32)13-11-23-19-48(36(51)54-37(2,3)4)16-17-50(23)34(30)47-35(46-33)52-21-38-14-7-15-49(38)20-24(18-38)53-39(42,43)44;1-2/h1,6,8-10,12,23-24H,7,11,13-21H2,2-4H3;1-2H3/t23?,24-,38-;/m1./s1. The van der Waals surface area contributed by atoms with E-state index in [1.54, 1.807) is 49.9 Å². The summed E-state index contributed by atoms with van der Waals surface area (Å²) in [5.74, 6) is 1.39. The van der Waals surface area contributed by atoms with E-state index in [1.807, 2.05) is 23.6 Å². The summed E-state index contributed by atoms with van der Waals surface area (Å²) in [7, 11) is 0. The van der Waals surface area contributed by atoms with E-state index in [2.05, 4.69) is 15.6 Å². The molecule has 1 unspecified atom stereocenters. The predicted octanol–water partition coefficient (Wildman–Crippen LogP) is 8.02. The quantitative estimate of drug-likeness (QED) is 0.148. The number of carbonyl (C=O) groups is 1. The van der Waals surface area contributed by atoms with Gasteiger partial charge in [-0.1, -0.05) is 44.0 Å². The number of ether oxygens (including phenoxy) is 3. The molecule has 3 atom stereocenters. The average molecular weight is 781 g/mol. The highest BCUT2D eigenvalue weighted by Crippen LogP contribution is 2.44. The van der Waals surface area contributed by atoms with Gasteiger partial charge < -0.3 is 19.3 Å². The van der Waals surface area contributed by atoms with Gasteiger partial charge in [0, 0.05) is 43.2 Å². The van der Waals surface area contributed by atoms with E-state index in [9.17, 15) is 18.0 Å². The minimum absolute atomic E-state index is 0.0215.